The molecular weight excluding hydrogens is 200 g/mol. The third-order valence-electron chi connectivity index (χ3n) is 1.87. The molecule has 0 unspecified atom stereocenters. The Morgan fingerprint density at radius 1 is 0.929 bits per heavy atom. The Morgan fingerprint density at radius 2 is 1.36 bits per heavy atom. The minimum Gasteiger partial charge on any atom is -0.491 e. The van der Waals surface area contributed by atoms with Gasteiger partial charge in [-0.25, -0.2) is 8.78 Å². The van der Waals surface area contributed by atoms with Crippen LogP contribution in [0.15, 0.2) is 0 Å². The second-order valence-electron chi connectivity index (χ2n) is 2.62. The molecule has 0 saturated heterocycles. The summed E-state index contributed by atoms with van der Waals surface area (Å²) in [6.45, 7) is 1.40. The van der Waals surface area contributed by atoms with E-state index in [0.717, 1.165) is 7.11 Å². The van der Waals surface area contributed by atoms with Gasteiger partial charge < -0.3 is 4.74 Å². The summed E-state index contributed by atoms with van der Waals surface area (Å²) in [6.07, 6.45) is -0.129. The van der Waals surface area contributed by atoms with Crippen LogP contribution >= 0.6 is 0 Å². The van der Waals surface area contributed by atoms with Gasteiger partial charge in [-0.05, 0) is 6.42 Å². The normalized spacial score (nSPS) is 10.4. The van der Waals surface area contributed by atoms with Gasteiger partial charge in [-0.1, -0.05) is 6.92 Å². The van der Waals surface area contributed by atoms with Crippen LogP contribution in [0, 0.1) is 23.3 Å². The van der Waals surface area contributed by atoms with Crippen molar-refractivity contribution < 1.29 is 22.3 Å². The summed E-state index contributed by atoms with van der Waals surface area (Å²) in [7, 11) is 0.937. The smallest absolute Gasteiger partial charge is 0.204 e. The summed E-state index contributed by atoms with van der Waals surface area (Å²) in [5.74, 6) is -6.82. The van der Waals surface area contributed by atoms with Gasteiger partial charge in [0.2, 0.25) is 11.6 Å². The molecule has 0 aliphatic heterocycles. The van der Waals surface area contributed by atoms with Crippen molar-refractivity contribution in [2.75, 3.05) is 7.11 Å². The zero-order valence-corrected chi connectivity index (χ0v) is 7.63. The minimum absolute atomic E-state index is 0.129. The van der Waals surface area contributed by atoms with E-state index in [1.807, 2.05) is 0 Å². The van der Waals surface area contributed by atoms with E-state index in [9.17, 15) is 17.6 Å². The van der Waals surface area contributed by atoms with Crippen LogP contribution < -0.4 is 4.74 Å². The Morgan fingerprint density at radius 3 is 1.64 bits per heavy atom. The van der Waals surface area contributed by atoms with Crippen molar-refractivity contribution in [1.29, 1.82) is 0 Å². The molecule has 0 bridgehead atoms. The summed E-state index contributed by atoms with van der Waals surface area (Å²) in [5, 5.41) is 0. The van der Waals surface area contributed by atoms with Crippen LogP contribution in [0.3, 0.4) is 0 Å². The van der Waals surface area contributed by atoms with Gasteiger partial charge in [-0.15, -0.1) is 0 Å². The molecule has 0 N–H and O–H groups in total. The number of halogens is 4. The molecule has 14 heavy (non-hydrogen) atoms. The lowest BCUT2D eigenvalue weighted by Gasteiger charge is -2.09. The molecule has 5 heteroatoms. The molecule has 0 radical (unpaired) electrons. The van der Waals surface area contributed by atoms with Gasteiger partial charge in [-0.3, -0.25) is 0 Å². The van der Waals surface area contributed by atoms with E-state index < -0.39 is 34.6 Å². The molecule has 0 fully saturated rings. The van der Waals surface area contributed by atoms with E-state index in [1.54, 1.807) is 0 Å². The monoisotopic (exact) mass is 208 g/mol. The lowest BCUT2D eigenvalue weighted by Crippen LogP contribution is -2.05. The average molecular weight is 208 g/mol. The highest BCUT2D eigenvalue weighted by atomic mass is 19.2. The van der Waals surface area contributed by atoms with Gasteiger partial charge in [-0.2, -0.15) is 8.78 Å². The summed E-state index contributed by atoms with van der Waals surface area (Å²) >= 11 is 0. The Kier molecular flexibility index (Phi) is 2.98. The largest absolute Gasteiger partial charge is 0.491 e. The molecule has 0 heterocycles. The van der Waals surface area contributed by atoms with E-state index >= 15 is 0 Å². The van der Waals surface area contributed by atoms with Gasteiger partial charge in [0.25, 0.3) is 0 Å². The first kappa shape index (κ1) is 10.8. The van der Waals surface area contributed by atoms with Crippen LogP contribution in [-0.4, -0.2) is 7.11 Å². The van der Waals surface area contributed by atoms with Gasteiger partial charge in [0.05, 0.1) is 7.11 Å². The lowest BCUT2D eigenvalue weighted by molar-refractivity contribution is 0.329. The number of hydrogen-bond acceptors (Lipinski definition) is 1. The number of hydrogen-bond donors (Lipinski definition) is 0. The maximum atomic E-state index is 13.0. The molecule has 1 aromatic carbocycles. The molecule has 1 rings (SSSR count). The standard InChI is InChI=1S/C9H8F4O/c1-3-4-5(10)7(12)9(14-2)8(13)6(4)11/h3H2,1-2H3. The van der Waals surface area contributed by atoms with Gasteiger partial charge in [0.1, 0.15) is 0 Å². The number of benzene rings is 1. The van der Waals surface area contributed by atoms with Crippen molar-refractivity contribution in [3.05, 3.63) is 28.8 Å². The molecule has 0 aromatic heterocycles. The second kappa shape index (κ2) is 3.86. The van der Waals surface area contributed by atoms with Crippen molar-refractivity contribution in [2.24, 2.45) is 0 Å². The molecule has 1 nitrogen and oxygen atoms in total. The fourth-order valence-corrected chi connectivity index (χ4v) is 1.15. The fraction of sp³-hybridized carbons (Fsp3) is 0.333. The highest BCUT2D eigenvalue weighted by molar-refractivity contribution is 5.34. The first-order valence-corrected chi connectivity index (χ1v) is 3.93. The molecule has 0 saturated carbocycles. The van der Waals surface area contributed by atoms with Crippen LogP contribution in [0.2, 0.25) is 0 Å². The van der Waals surface area contributed by atoms with E-state index in [1.165, 1.54) is 6.92 Å². The van der Waals surface area contributed by atoms with Crippen molar-refractivity contribution in [2.45, 2.75) is 13.3 Å². The van der Waals surface area contributed by atoms with Crippen molar-refractivity contribution in [1.82, 2.24) is 0 Å². The zero-order valence-electron chi connectivity index (χ0n) is 7.63. The Hall–Kier alpha value is -1.26. The van der Waals surface area contributed by atoms with Crippen LogP contribution in [0.5, 0.6) is 5.75 Å². The van der Waals surface area contributed by atoms with Crippen LogP contribution in [0.1, 0.15) is 12.5 Å². The van der Waals surface area contributed by atoms with E-state index in [2.05, 4.69) is 4.74 Å². The lowest BCUT2D eigenvalue weighted by atomic mass is 10.1. The van der Waals surface area contributed by atoms with Gasteiger partial charge >= 0.3 is 0 Å². The molecule has 0 aliphatic rings. The highest BCUT2D eigenvalue weighted by Gasteiger charge is 2.24. The summed E-state index contributed by atoms with van der Waals surface area (Å²) in [5.41, 5.74) is -0.610. The van der Waals surface area contributed by atoms with Crippen molar-refractivity contribution in [3.8, 4) is 5.75 Å². The van der Waals surface area contributed by atoms with Gasteiger partial charge in [0.15, 0.2) is 17.4 Å². The summed E-state index contributed by atoms with van der Waals surface area (Å²) in [6, 6.07) is 0. The second-order valence-corrected chi connectivity index (χ2v) is 2.62. The van der Waals surface area contributed by atoms with Crippen molar-refractivity contribution in [3.63, 3.8) is 0 Å². The maximum absolute atomic E-state index is 13.0. The fourth-order valence-electron chi connectivity index (χ4n) is 1.15. The van der Waals surface area contributed by atoms with Crippen LogP contribution in [-0.2, 0) is 6.42 Å². The highest BCUT2D eigenvalue weighted by Crippen LogP contribution is 2.29. The number of methoxy groups -OCH3 is 1. The molecule has 78 valence electrons. The third-order valence-corrected chi connectivity index (χ3v) is 1.87. The minimum atomic E-state index is -1.50. The average Bonchev–Trinajstić information content (AvgIpc) is 2.17. The Balaban J connectivity index is 3.55. The SMILES string of the molecule is CCc1c(F)c(F)c(OC)c(F)c1F. The number of ether oxygens (including phenoxy) is 1. The van der Waals surface area contributed by atoms with Crippen LogP contribution in [0.25, 0.3) is 0 Å². The molecule has 0 atom stereocenters. The summed E-state index contributed by atoms with van der Waals surface area (Å²) < 4.78 is 56.2. The van der Waals surface area contributed by atoms with Gasteiger partial charge in [0, 0.05) is 5.56 Å². The predicted molar refractivity (Wildman–Crippen MR) is 42.2 cm³/mol. The zero-order chi connectivity index (χ0) is 10.9. The molecule has 1 aromatic rings. The topological polar surface area (TPSA) is 9.23 Å². The third kappa shape index (κ3) is 1.42. The Labute approximate surface area is 78.3 Å². The molecule has 0 aliphatic carbocycles. The summed E-state index contributed by atoms with van der Waals surface area (Å²) in [4.78, 5) is 0. The molecule has 0 amide bonds. The maximum Gasteiger partial charge on any atom is 0.204 e. The van der Waals surface area contributed by atoms with E-state index in [4.69, 9.17) is 0 Å². The molecule has 0 spiro atoms. The number of rotatable bonds is 2. The Bertz CT molecular complexity index is 298. The first-order valence-electron chi connectivity index (χ1n) is 3.93. The quantitative estimate of drug-likeness (QED) is 0.536. The van der Waals surface area contributed by atoms with Crippen molar-refractivity contribution >= 4 is 0 Å². The first-order chi connectivity index (χ1) is 6.54. The predicted octanol–water partition coefficient (Wildman–Crippen LogP) is 2.81. The van der Waals surface area contributed by atoms with E-state index in [0.29, 0.717) is 0 Å². The van der Waals surface area contributed by atoms with Crippen LogP contribution in [0.4, 0.5) is 17.6 Å². The van der Waals surface area contributed by atoms with E-state index in [-0.39, 0.29) is 6.42 Å². The molecular formula is C9H8F4O.